The Morgan fingerprint density at radius 2 is 2.00 bits per heavy atom. The van der Waals surface area contributed by atoms with Gasteiger partial charge in [-0.3, -0.25) is 4.79 Å². The van der Waals surface area contributed by atoms with Crippen molar-refractivity contribution >= 4 is 5.91 Å². The van der Waals surface area contributed by atoms with Crippen LogP contribution in [0.1, 0.15) is 39.0 Å². The molecule has 1 saturated carbocycles. The van der Waals surface area contributed by atoms with Crippen molar-refractivity contribution in [3.8, 4) is 0 Å². The fourth-order valence-corrected chi connectivity index (χ4v) is 2.20. The Kier molecular flexibility index (Phi) is 3.06. The van der Waals surface area contributed by atoms with Crippen LogP contribution in [0.25, 0.3) is 0 Å². The summed E-state index contributed by atoms with van der Waals surface area (Å²) in [5, 5.41) is 2.98. The first-order chi connectivity index (χ1) is 6.77. The highest BCUT2D eigenvalue weighted by molar-refractivity contribution is 5.83. The van der Waals surface area contributed by atoms with Gasteiger partial charge in [0.1, 0.15) is 0 Å². The summed E-state index contributed by atoms with van der Waals surface area (Å²) in [5.41, 5.74) is 0. The molecule has 1 N–H and O–H groups in total. The second-order valence-electron chi connectivity index (χ2n) is 4.51. The molecule has 80 valence electrons. The Balaban J connectivity index is 1.63. The van der Waals surface area contributed by atoms with Crippen LogP contribution in [0.5, 0.6) is 0 Å². The van der Waals surface area contributed by atoms with Gasteiger partial charge in [0, 0.05) is 6.54 Å². The van der Waals surface area contributed by atoms with E-state index in [9.17, 15) is 4.79 Å². The summed E-state index contributed by atoms with van der Waals surface area (Å²) in [6.07, 6.45) is 6.57. The van der Waals surface area contributed by atoms with Gasteiger partial charge >= 0.3 is 0 Å². The van der Waals surface area contributed by atoms with Crippen molar-refractivity contribution in [2.24, 2.45) is 5.92 Å². The first-order valence-corrected chi connectivity index (χ1v) is 5.70. The minimum absolute atomic E-state index is 0.0862. The van der Waals surface area contributed by atoms with Gasteiger partial charge in [-0.1, -0.05) is 19.3 Å². The van der Waals surface area contributed by atoms with E-state index in [1.807, 2.05) is 6.92 Å². The number of rotatable bonds is 3. The molecule has 1 saturated heterocycles. The summed E-state index contributed by atoms with van der Waals surface area (Å²) in [6, 6.07) is 0. The van der Waals surface area contributed by atoms with Crippen LogP contribution < -0.4 is 5.32 Å². The van der Waals surface area contributed by atoms with Crippen LogP contribution in [0.2, 0.25) is 0 Å². The van der Waals surface area contributed by atoms with Crippen LogP contribution in [0.3, 0.4) is 0 Å². The predicted molar refractivity (Wildman–Crippen MR) is 53.9 cm³/mol. The summed E-state index contributed by atoms with van der Waals surface area (Å²) in [7, 11) is 0. The molecule has 2 unspecified atom stereocenters. The molecule has 2 rings (SSSR count). The Hall–Kier alpha value is -0.570. The van der Waals surface area contributed by atoms with Crippen molar-refractivity contribution in [3.05, 3.63) is 0 Å². The lowest BCUT2D eigenvalue weighted by molar-refractivity contribution is -0.122. The van der Waals surface area contributed by atoms with Crippen LogP contribution in [0.15, 0.2) is 0 Å². The summed E-state index contributed by atoms with van der Waals surface area (Å²) < 4.78 is 5.11. The molecule has 14 heavy (non-hydrogen) atoms. The highest BCUT2D eigenvalue weighted by Gasteiger charge is 2.40. The van der Waals surface area contributed by atoms with E-state index >= 15 is 0 Å². The number of epoxide rings is 1. The fourth-order valence-electron chi connectivity index (χ4n) is 2.20. The SMILES string of the molecule is CC1OC1C(=O)NCC1CCCCC1. The van der Waals surface area contributed by atoms with E-state index in [-0.39, 0.29) is 18.1 Å². The standard InChI is InChI=1S/C11H19NO2/c1-8-10(14-8)11(13)12-7-9-5-3-2-4-6-9/h8-10H,2-7H2,1H3,(H,12,13). The molecule has 0 aromatic heterocycles. The first kappa shape index (κ1) is 9.97. The summed E-state index contributed by atoms with van der Waals surface area (Å²) >= 11 is 0. The summed E-state index contributed by atoms with van der Waals surface area (Å²) in [6.45, 7) is 2.79. The van der Waals surface area contributed by atoms with E-state index in [4.69, 9.17) is 4.74 Å². The molecule has 3 heteroatoms. The molecule has 1 heterocycles. The fraction of sp³-hybridized carbons (Fsp3) is 0.909. The van der Waals surface area contributed by atoms with E-state index in [2.05, 4.69) is 5.32 Å². The van der Waals surface area contributed by atoms with Crippen LogP contribution >= 0.6 is 0 Å². The molecule has 0 aromatic carbocycles. The Labute approximate surface area is 85.2 Å². The number of nitrogens with one attached hydrogen (secondary N) is 1. The Morgan fingerprint density at radius 3 is 2.57 bits per heavy atom. The number of hydrogen-bond acceptors (Lipinski definition) is 2. The van der Waals surface area contributed by atoms with E-state index in [0.717, 1.165) is 6.54 Å². The summed E-state index contributed by atoms with van der Waals surface area (Å²) in [4.78, 5) is 11.4. The molecular formula is C11H19NO2. The quantitative estimate of drug-likeness (QED) is 0.696. The highest BCUT2D eigenvalue weighted by atomic mass is 16.6. The molecule has 1 aliphatic carbocycles. The average Bonchev–Trinajstić information content (AvgIpc) is 2.94. The Morgan fingerprint density at radius 1 is 1.36 bits per heavy atom. The third-order valence-corrected chi connectivity index (χ3v) is 3.26. The highest BCUT2D eigenvalue weighted by Crippen LogP contribution is 2.24. The van der Waals surface area contributed by atoms with Gasteiger partial charge in [-0.15, -0.1) is 0 Å². The zero-order valence-electron chi connectivity index (χ0n) is 8.79. The van der Waals surface area contributed by atoms with E-state index in [1.54, 1.807) is 0 Å². The number of carbonyl (C=O) groups is 1. The maximum Gasteiger partial charge on any atom is 0.251 e. The molecule has 0 bridgehead atoms. The zero-order valence-corrected chi connectivity index (χ0v) is 8.79. The Bertz CT molecular complexity index is 211. The van der Waals surface area contributed by atoms with Crippen LogP contribution in [0.4, 0.5) is 0 Å². The lowest BCUT2D eigenvalue weighted by atomic mass is 9.89. The lowest BCUT2D eigenvalue weighted by Crippen LogP contribution is -2.33. The number of ether oxygens (including phenoxy) is 1. The zero-order chi connectivity index (χ0) is 9.97. The maximum atomic E-state index is 11.4. The second-order valence-corrected chi connectivity index (χ2v) is 4.51. The minimum atomic E-state index is -0.154. The molecule has 0 aromatic rings. The van der Waals surface area contributed by atoms with Crippen molar-refractivity contribution in [1.29, 1.82) is 0 Å². The summed E-state index contributed by atoms with van der Waals surface area (Å²) in [5.74, 6) is 0.796. The van der Waals surface area contributed by atoms with E-state index in [1.165, 1.54) is 32.1 Å². The molecule has 2 atom stereocenters. The molecule has 1 amide bonds. The largest absolute Gasteiger partial charge is 0.359 e. The maximum absolute atomic E-state index is 11.4. The van der Waals surface area contributed by atoms with Gasteiger partial charge in [0.25, 0.3) is 5.91 Å². The molecule has 0 spiro atoms. The second kappa shape index (κ2) is 4.30. The molecule has 0 radical (unpaired) electrons. The van der Waals surface area contributed by atoms with E-state index in [0.29, 0.717) is 5.92 Å². The van der Waals surface area contributed by atoms with Crippen molar-refractivity contribution in [1.82, 2.24) is 5.32 Å². The topological polar surface area (TPSA) is 41.6 Å². The number of amides is 1. The van der Waals surface area contributed by atoms with Gasteiger partial charge in [-0.25, -0.2) is 0 Å². The molecule has 2 fully saturated rings. The molecular weight excluding hydrogens is 178 g/mol. The molecule has 1 aliphatic heterocycles. The van der Waals surface area contributed by atoms with Crippen LogP contribution in [-0.4, -0.2) is 24.7 Å². The minimum Gasteiger partial charge on any atom is -0.359 e. The van der Waals surface area contributed by atoms with Gasteiger partial charge < -0.3 is 10.1 Å². The molecule has 3 nitrogen and oxygen atoms in total. The normalized spacial score (nSPS) is 32.6. The average molecular weight is 197 g/mol. The van der Waals surface area contributed by atoms with Crippen LogP contribution in [-0.2, 0) is 9.53 Å². The number of carbonyl (C=O) groups excluding carboxylic acids is 1. The smallest absolute Gasteiger partial charge is 0.251 e. The van der Waals surface area contributed by atoms with Gasteiger partial charge in [0.2, 0.25) is 0 Å². The van der Waals surface area contributed by atoms with Crippen molar-refractivity contribution in [3.63, 3.8) is 0 Å². The van der Waals surface area contributed by atoms with Crippen molar-refractivity contribution < 1.29 is 9.53 Å². The van der Waals surface area contributed by atoms with E-state index < -0.39 is 0 Å². The van der Waals surface area contributed by atoms with Gasteiger partial charge in [0.15, 0.2) is 6.10 Å². The monoisotopic (exact) mass is 197 g/mol. The van der Waals surface area contributed by atoms with Gasteiger partial charge in [-0.2, -0.15) is 0 Å². The van der Waals surface area contributed by atoms with Crippen molar-refractivity contribution in [2.45, 2.75) is 51.2 Å². The first-order valence-electron chi connectivity index (χ1n) is 5.70. The lowest BCUT2D eigenvalue weighted by Gasteiger charge is -2.21. The van der Waals surface area contributed by atoms with Crippen molar-refractivity contribution in [2.75, 3.05) is 6.54 Å². The third kappa shape index (κ3) is 2.47. The predicted octanol–water partition coefficient (Wildman–Crippen LogP) is 1.47. The van der Waals surface area contributed by atoms with Crippen LogP contribution in [0, 0.1) is 5.92 Å². The third-order valence-electron chi connectivity index (χ3n) is 3.26. The number of hydrogen-bond donors (Lipinski definition) is 1. The van der Waals surface area contributed by atoms with Gasteiger partial charge in [-0.05, 0) is 25.7 Å². The molecule has 2 aliphatic rings. The van der Waals surface area contributed by atoms with Gasteiger partial charge in [0.05, 0.1) is 6.10 Å².